The molecule has 0 amide bonds. The highest BCUT2D eigenvalue weighted by Crippen LogP contribution is 2.33. The maximum Gasteiger partial charge on any atom is 0.191 e. The Morgan fingerprint density at radius 2 is 1.89 bits per heavy atom. The normalized spacial score (nSPS) is 16.9. The predicted molar refractivity (Wildman–Crippen MR) is 104 cm³/mol. The minimum atomic E-state index is 0.248. The lowest BCUT2D eigenvalue weighted by molar-refractivity contribution is 0.0420. The standard InChI is InChI=1S/C19H31N3O5/c1-20-19(21-7-5-8-27-14-6-9-26-13-14)22-12-16-17(24-3)10-15(23-2)11-18(16)25-4/h10-11,14H,5-9,12-13H2,1-4H3,(H2,20,21,22). The molecule has 1 heterocycles. The Labute approximate surface area is 161 Å². The van der Waals surface area contributed by atoms with Gasteiger partial charge in [0.15, 0.2) is 5.96 Å². The van der Waals surface area contributed by atoms with Gasteiger partial charge in [0, 0.05) is 38.9 Å². The smallest absolute Gasteiger partial charge is 0.191 e. The third kappa shape index (κ3) is 6.48. The first-order valence-corrected chi connectivity index (χ1v) is 9.14. The third-order valence-corrected chi connectivity index (χ3v) is 4.33. The van der Waals surface area contributed by atoms with Gasteiger partial charge in [0.05, 0.1) is 46.1 Å². The van der Waals surface area contributed by atoms with Crippen LogP contribution in [0.2, 0.25) is 0 Å². The largest absolute Gasteiger partial charge is 0.496 e. The van der Waals surface area contributed by atoms with E-state index < -0.39 is 0 Å². The first-order valence-electron chi connectivity index (χ1n) is 9.14. The number of benzene rings is 1. The molecule has 1 aliphatic rings. The van der Waals surface area contributed by atoms with Crippen molar-refractivity contribution >= 4 is 5.96 Å². The number of nitrogens with one attached hydrogen (secondary N) is 2. The monoisotopic (exact) mass is 381 g/mol. The Morgan fingerprint density at radius 1 is 1.15 bits per heavy atom. The molecule has 0 bridgehead atoms. The molecule has 1 aromatic rings. The molecule has 152 valence electrons. The van der Waals surface area contributed by atoms with Crippen molar-refractivity contribution in [1.29, 1.82) is 0 Å². The summed E-state index contributed by atoms with van der Waals surface area (Å²) in [4.78, 5) is 4.25. The molecule has 0 aliphatic carbocycles. The molecule has 27 heavy (non-hydrogen) atoms. The average Bonchev–Trinajstić information content (AvgIpc) is 3.22. The molecule has 1 unspecified atom stereocenters. The van der Waals surface area contributed by atoms with Gasteiger partial charge in [0.25, 0.3) is 0 Å². The van der Waals surface area contributed by atoms with Gasteiger partial charge in [-0.25, -0.2) is 0 Å². The van der Waals surface area contributed by atoms with Crippen molar-refractivity contribution in [2.75, 3.05) is 54.7 Å². The second kappa shape index (κ2) is 11.5. The topological polar surface area (TPSA) is 82.6 Å². The fourth-order valence-corrected chi connectivity index (χ4v) is 2.82. The first kappa shape index (κ1) is 21.1. The summed E-state index contributed by atoms with van der Waals surface area (Å²) in [5.74, 6) is 2.78. The molecule has 1 atom stereocenters. The second-order valence-corrected chi connectivity index (χ2v) is 6.07. The lowest BCUT2D eigenvalue weighted by Crippen LogP contribution is -2.37. The van der Waals surface area contributed by atoms with Crippen molar-refractivity contribution in [3.8, 4) is 17.2 Å². The maximum absolute atomic E-state index is 5.76. The maximum atomic E-state index is 5.76. The number of nitrogens with zero attached hydrogens (tertiary/aromatic N) is 1. The van der Waals surface area contributed by atoms with Crippen LogP contribution < -0.4 is 24.8 Å². The summed E-state index contributed by atoms with van der Waals surface area (Å²) < 4.78 is 27.3. The number of ether oxygens (including phenoxy) is 5. The first-order chi connectivity index (χ1) is 13.2. The highest BCUT2D eigenvalue weighted by atomic mass is 16.5. The molecule has 0 spiro atoms. The van der Waals surface area contributed by atoms with Gasteiger partial charge < -0.3 is 34.3 Å². The van der Waals surface area contributed by atoms with E-state index in [-0.39, 0.29) is 6.10 Å². The molecule has 8 heteroatoms. The van der Waals surface area contributed by atoms with Crippen LogP contribution in [0.25, 0.3) is 0 Å². The third-order valence-electron chi connectivity index (χ3n) is 4.33. The Kier molecular flexibility index (Phi) is 9.00. The highest BCUT2D eigenvalue weighted by molar-refractivity contribution is 5.79. The Balaban J connectivity index is 1.81. The number of rotatable bonds is 10. The summed E-state index contributed by atoms with van der Waals surface area (Å²) in [7, 11) is 6.60. The van der Waals surface area contributed by atoms with Crippen LogP contribution in [0.1, 0.15) is 18.4 Å². The van der Waals surface area contributed by atoms with Crippen LogP contribution in [-0.2, 0) is 16.0 Å². The lowest BCUT2D eigenvalue weighted by atomic mass is 10.1. The molecule has 2 N–H and O–H groups in total. The Bertz CT molecular complexity index is 578. The quantitative estimate of drug-likeness (QED) is 0.362. The minimum Gasteiger partial charge on any atom is -0.496 e. The van der Waals surface area contributed by atoms with E-state index >= 15 is 0 Å². The van der Waals surface area contributed by atoms with E-state index in [0.717, 1.165) is 31.6 Å². The minimum absolute atomic E-state index is 0.248. The summed E-state index contributed by atoms with van der Waals surface area (Å²) in [6, 6.07) is 3.67. The SMILES string of the molecule is CN=C(NCCCOC1CCOC1)NCc1c(OC)cc(OC)cc1OC. The number of hydrogen-bond donors (Lipinski definition) is 2. The average molecular weight is 381 g/mol. The zero-order valence-electron chi connectivity index (χ0n) is 16.7. The zero-order valence-corrected chi connectivity index (χ0v) is 16.7. The van der Waals surface area contributed by atoms with Crippen LogP contribution in [0.3, 0.4) is 0 Å². The van der Waals surface area contributed by atoms with Gasteiger partial charge in [0.2, 0.25) is 0 Å². The van der Waals surface area contributed by atoms with Gasteiger partial charge >= 0.3 is 0 Å². The molecular formula is C19H31N3O5. The van der Waals surface area contributed by atoms with Crippen molar-refractivity contribution in [2.45, 2.75) is 25.5 Å². The van der Waals surface area contributed by atoms with E-state index in [2.05, 4.69) is 15.6 Å². The van der Waals surface area contributed by atoms with Crippen LogP contribution in [0.4, 0.5) is 0 Å². The van der Waals surface area contributed by atoms with Gasteiger partial charge in [-0.2, -0.15) is 0 Å². The summed E-state index contributed by atoms with van der Waals surface area (Å²) in [6.07, 6.45) is 2.13. The van der Waals surface area contributed by atoms with E-state index in [9.17, 15) is 0 Å². The fraction of sp³-hybridized carbons (Fsp3) is 0.632. The van der Waals surface area contributed by atoms with Gasteiger partial charge in [-0.1, -0.05) is 0 Å². The van der Waals surface area contributed by atoms with Crippen molar-refractivity contribution in [2.24, 2.45) is 4.99 Å². The molecule has 8 nitrogen and oxygen atoms in total. The summed E-state index contributed by atoms with van der Waals surface area (Å²) in [6.45, 7) is 3.49. The predicted octanol–water partition coefficient (Wildman–Crippen LogP) is 1.57. The Hall–Kier alpha value is -2.19. The van der Waals surface area contributed by atoms with Gasteiger partial charge in [-0.05, 0) is 12.8 Å². The Morgan fingerprint density at radius 3 is 2.44 bits per heavy atom. The number of aliphatic imine (C=N–C) groups is 1. The van der Waals surface area contributed by atoms with Crippen LogP contribution in [-0.4, -0.2) is 66.8 Å². The van der Waals surface area contributed by atoms with Crippen molar-refractivity contribution in [3.05, 3.63) is 17.7 Å². The number of guanidine groups is 1. The second-order valence-electron chi connectivity index (χ2n) is 6.07. The molecule has 0 radical (unpaired) electrons. The van der Waals surface area contributed by atoms with E-state index in [1.807, 2.05) is 12.1 Å². The van der Waals surface area contributed by atoms with E-state index in [4.69, 9.17) is 23.7 Å². The van der Waals surface area contributed by atoms with E-state index in [1.165, 1.54) is 0 Å². The fourth-order valence-electron chi connectivity index (χ4n) is 2.82. The van der Waals surface area contributed by atoms with Gasteiger partial charge in [-0.3, -0.25) is 4.99 Å². The van der Waals surface area contributed by atoms with Crippen LogP contribution in [0, 0.1) is 0 Å². The number of hydrogen-bond acceptors (Lipinski definition) is 6. The van der Waals surface area contributed by atoms with Crippen molar-refractivity contribution in [1.82, 2.24) is 10.6 Å². The van der Waals surface area contributed by atoms with Crippen molar-refractivity contribution < 1.29 is 23.7 Å². The van der Waals surface area contributed by atoms with Crippen molar-refractivity contribution in [3.63, 3.8) is 0 Å². The molecule has 1 fully saturated rings. The van der Waals surface area contributed by atoms with Gasteiger partial charge in [-0.15, -0.1) is 0 Å². The molecule has 0 saturated carbocycles. The highest BCUT2D eigenvalue weighted by Gasteiger charge is 2.16. The molecule has 1 aliphatic heterocycles. The van der Waals surface area contributed by atoms with Crippen LogP contribution >= 0.6 is 0 Å². The van der Waals surface area contributed by atoms with Gasteiger partial charge in [0.1, 0.15) is 17.2 Å². The molecule has 0 aromatic heterocycles. The van der Waals surface area contributed by atoms with Crippen LogP contribution in [0.5, 0.6) is 17.2 Å². The molecule has 1 aromatic carbocycles. The van der Waals surface area contributed by atoms with E-state index in [1.54, 1.807) is 28.4 Å². The lowest BCUT2D eigenvalue weighted by Gasteiger charge is -2.17. The summed E-state index contributed by atoms with van der Waals surface area (Å²) >= 11 is 0. The zero-order chi connectivity index (χ0) is 19.5. The molecule has 2 rings (SSSR count). The van der Waals surface area contributed by atoms with E-state index in [0.29, 0.717) is 43.0 Å². The number of methoxy groups -OCH3 is 3. The molecule has 1 saturated heterocycles. The summed E-state index contributed by atoms with van der Waals surface area (Å²) in [5, 5.41) is 6.57. The molecular weight excluding hydrogens is 350 g/mol. The summed E-state index contributed by atoms with van der Waals surface area (Å²) in [5.41, 5.74) is 0.897. The van der Waals surface area contributed by atoms with Crippen LogP contribution in [0.15, 0.2) is 17.1 Å².